The van der Waals surface area contributed by atoms with Crippen molar-refractivity contribution in [2.24, 2.45) is 0 Å². The number of fused-ring (bicyclic) bond motifs is 1. The molecule has 0 aliphatic carbocycles. The summed E-state index contributed by atoms with van der Waals surface area (Å²) < 4.78 is 29.6. The fourth-order valence-electron chi connectivity index (χ4n) is 3.54. The minimum atomic E-state index is -3.74. The Kier molecular flexibility index (Phi) is 5.83. The van der Waals surface area contributed by atoms with E-state index in [2.05, 4.69) is 20.0 Å². The number of thiazole rings is 1. The van der Waals surface area contributed by atoms with Gasteiger partial charge in [0.05, 0.1) is 21.4 Å². The van der Waals surface area contributed by atoms with Gasteiger partial charge in [0, 0.05) is 16.8 Å². The predicted molar refractivity (Wildman–Crippen MR) is 133 cm³/mol. The summed E-state index contributed by atoms with van der Waals surface area (Å²) in [5.41, 5.74) is 5.00. The van der Waals surface area contributed by atoms with Crippen molar-refractivity contribution in [1.82, 2.24) is 14.5 Å². The van der Waals surface area contributed by atoms with Gasteiger partial charge < -0.3 is 9.88 Å². The number of imidazole rings is 1. The molecule has 1 amide bonds. The van der Waals surface area contributed by atoms with Gasteiger partial charge >= 0.3 is 0 Å². The molecule has 0 aliphatic rings. The second-order valence-electron chi connectivity index (χ2n) is 7.43. The van der Waals surface area contributed by atoms with E-state index in [9.17, 15) is 13.2 Å². The zero-order chi connectivity index (χ0) is 23.5. The van der Waals surface area contributed by atoms with Crippen LogP contribution in [0, 0.1) is 0 Å². The van der Waals surface area contributed by atoms with Gasteiger partial charge in [0.1, 0.15) is 12.2 Å². The predicted octanol–water partition coefficient (Wildman–Crippen LogP) is 4.60. The molecule has 2 aromatic heterocycles. The maximum absolute atomic E-state index is 12.9. The lowest BCUT2D eigenvalue weighted by Gasteiger charge is -2.11. The van der Waals surface area contributed by atoms with E-state index >= 15 is 0 Å². The molecule has 5 rings (SSSR count). The highest BCUT2D eigenvalue weighted by atomic mass is 32.2. The molecule has 2 N–H and O–H groups in total. The first kappa shape index (κ1) is 21.8. The van der Waals surface area contributed by atoms with Crippen LogP contribution in [0.15, 0.2) is 94.6 Å². The standard InChI is InChI=1S/C24H19N5O3S2/c30-23(14-29-22-9-5-4-8-20(22)27-24(29)21-15-33-16-25-21)26-17-10-12-19(13-11-17)34(31,32)28-18-6-2-1-3-7-18/h1-13,15-16,28H,14H2,(H,26,30). The molecular weight excluding hydrogens is 470 g/mol. The van der Waals surface area contributed by atoms with Gasteiger partial charge in [-0.2, -0.15) is 0 Å². The Morgan fingerprint density at radius 2 is 1.65 bits per heavy atom. The van der Waals surface area contributed by atoms with Crippen molar-refractivity contribution in [3.8, 4) is 11.5 Å². The zero-order valence-electron chi connectivity index (χ0n) is 17.8. The number of carbonyl (C=O) groups excluding carboxylic acids is 1. The molecule has 0 unspecified atom stereocenters. The first-order chi connectivity index (χ1) is 16.5. The summed E-state index contributed by atoms with van der Waals surface area (Å²) in [6.45, 7) is 0.0307. The minimum Gasteiger partial charge on any atom is -0.325 e. The van der Waals surface area contributed by atoms with Crippen molar-refractivity contribution in [3.05, 3.63) is 89.8 Å². The van der Waals surface area contributed by atoms with E-state index in [4.69, 9.17) is 0 Å². The molecular formula is C24H19N5O3S2. The summed E-state index contributed by atoms with van der Waals surface area (Å²) in [5.74, 6) is 0.351. The highest BCUT2D eigenvalue weighted by molar-refractivity contribution is 7.92. The molecule has 0 fully saturated rings. The van der Waals surface area contributed by atoms with Gasteiger partial charge in [-0.05, 0) is 48.5 Å². The van der Waals surface area contributed by atoms with E-state index in [-0.39, 0.29) is 17.3 Å². The molecule has 8 nitrogen and oxygen atoms in total. The number of aromatic nitrogens is 3. The van der Waals surface area contributed by atoms with Crippen LogP contribution >= 0.6 is 11.3 Å². The third-order valence-electron chi connectivity index (χ3n) is 5.09. The molecule has 0 bridgehead atoms. The van der Waals surface area contributed by atoms with Crippen LogP contribution in [0.3, 0.4) is 0 Å². The highest BCUT2D eigenvalue weighted by Crippen LogP contribution is 2.25. The van der Waals surface area contributed by atoms with E-state index in [1.807, 2.05) is 40.3 Å². The molecule has 0 radical (unpaired) electrons. The van der Waals surface area contributed by atoms with E-state index < -0.39 is 10.0 Å². The number of nitrogens with one attached hydrogen (secondary N) is 2. The summed E-state index contributed by atoms with van der Waals surface area (Å²) >= 11 is 1.46. The molecule has 0 atom stereocenters. The van der Waals surface area contributed by atoms with Gasteiger partial charge in [0.25, 0.3) is 10.0 Å². The van der Waals surface area contributed by atoms with Crippen molar-refractivity contribution in [3.63, 3.8) is 0 Å². The first-order valence-corrected chi connectivity index (χ1v) is 12.7. The topological polar surface area (TPSA) is 106 Å². The van der Waals surface area contributed by atoms with E-state index in [1.165, 1.54) is 23.5 Å². The van der Waals surface area contributed by atoms with Gasteiger partial charge in [-0.1, -0.05) is 30.3 Å². The maximum atomic E-state index is 12.9. The number of sulfonamides is 1. The van der Waals surface area contributed by atoms with Crippen molar-refractivity contribution >= 4 is 49.7 Å². The Hall–Kier alpha value is -4.02. The number of carbonyl (C=O) groups is 1. The average Bonchev–Trinajstić information content (AvgIpc) is 3.48. The van der Waals surface area contributed by atoms with Crippen LogP contribution in [0.1, 0.15) is 0 Å². The monoisotopic (exact) mass is 489 g/mol. The van der Waals surface area contributed by atoms with Crippen molar-refractivity contribution in [2.45, 2.75) is 11.4 Å². The number of anilines is 2. The van der Waals surface area contributed by atoms with Crippen molar-refractivity contribution in [1.29, 1.82) is 0 Å². The normalized spacial score (nSPS) is 11.4. The summed E-state index contributed by atoms with van der Waals surface area (Å²) in [6.07, 6.45) is 0. The number of hydrogen-bond donors (Lipinski definition) is 2. The van der Waals surface area contributed by atoms with E-state index in [1.54, 1.807) is 41.9 Å². The van der Waals surface area contributed by atoms with E-state index in [0.717, 1.165) is 11.0 Å². The molecule has 10 heteroatoms. The van der Waals surface area contributed by atoms with Crippen LogP contribution in [0.25, 0.3) is 22.6 Å². The second-order valence-corrected chi connectivity index (χ2v) is 9.83. The molecule has 170 valence electrons. The third-order valence-corrected chi connectivity index (χ3v) is 7.08. The molecule has 2 heterocycles. The van der Waals surface area contributed by atoms with Crippen molar-refractivity contribution < 1.29 is 13.2 Å². The Labute approximate surface area is 200 Å². The molecule has 0 saturated heterocycles. The second kappa shape index (κ2) is 9.08. The molecule has 0 saturated carbocycles. The molecule has 0 aliphatic heterocycles. The van der Waals surface area contributed by atoms with Crippen LogP contribution in [0.5, 0.6) is 0 Å². The summed E-state index contributed by atoms with van der Waals surface area (Å²) in [6, 6.07) is 22.3. The fraction of sp³-hybridized carbons (Fsp3) is 0.0417. The third kappa shape index (κ3) is 4.54. The van der Waals surface area contributed by atoms with Gasteiger partial charge in [-0.25, -0.2) is 18.4 Å². The Morgan fingerprint density at radius 1 is 0.912 bits per heavy atom. The van der Waals surface area contributed by atoms with Gasteiger partial charge in [-0.15, -0.1) is 11.3 Å². The van der Waals surface area contributed by atoms with Crippen molar-refractivity contribution in [2.75, 3.05) is 10.0 Å². The lowest BCUT2D eigenvalue weighted by molar-refractivity contribution is -0.116. The molecule has 5 aromatic rings. The summed E-state index contributed by atoms with van der Waals surface area (Å²) in [4.78, 5) is 21.9. The maximum Gasteiger partial charge on any atom is 0.261 e. The van der Waals surface area contributed by atoms with Gasteiger partial charge in [-0.3, -0.25) is 9.52 Å². The number of para-hydroxylation sites is 3. The SMILES string of the molecule is O=C(Cn1c(-c2cscn2)nc2ccccc21)Nc1ccc(S(=O)(=O)Nc2ccccc2)cc1. The van der Waals surface area contributed by atoms with Crippen LogP contribution in [0.2, 0.25) is 0 Å². The first-order valence-electron chi connectivity index (χ1n) is 10.3. The summed E-state index contributed by atoms with van der Waals surface area (Å²) in [7, 11) is -3.74. The summed E-state index contributed by atoms with van der Waals surface area (Å²) in [5, 5.41) is 4.71. The lowest BCUT2D eigenvalue weighted by Crippen LogP contribution is -2.19. The minimum absolute atomic E-state index is 0.0307. The Balaban J connectivity index is 1.33. The molecule has 0 spiro atoms. The zero-order valence-corrected chi connectivity index (χ0v) is 19.4. The van der Waals surface area contributed by atoms with Crippen LogP contribution in [0.4, 0.5) is 11.4 Å². The van der Waals surface area contributed by atoms with Crippen LogP contribution in [-0.2, 0) is 21.4 Å². The molecule has 34 heavy (non-hydrogen) atoms. The van der Waals surface area contributed by atoms with Gasteiger partial charge in [0.15, 0.2) is 5.82 Å². The van der Waals surface area contributed by atoms with E-state index in [0.29, 0.717) is 22.9 Å². The smallest absolute Gasteiger partial charge is 0.261 e. The van der Waals surface area contributed by atoms with Crippen LogP contribution in [-0.4, -0.2) is 28.9 Å². The number of hydrogen-bond acceptors (Lipinski definition) is 6. The number of amides is 1. The fourth-order valence-corrected chi connectivity index (χ4v) is 5.12. The lowest BCUT2D eigenvalue weighted by atomic mass is 10.3. The number of rotatable bonds is 7. The highest BCUT2D eigenvalue weighted by Gasteiger charge is 2.17. The number of nitrogens with zero attached hydrogens (tertiary/aromatic N) is 3. The molecule has 3 aromatic carbocycles. The largest absolute Gasteiger partial charge is 0.325 e. The Bertz CT molecular complexity index is 1550. The average molecular weight is 490 g/mol. The quantitative estimate of drug-likeness (QED) is 0.348. The van der Waals surface area contributed by atoms with Crippen LogP contribution < -0.4 is 10.0 Å². The van der Waals surface area contributed by atoms with Gasteiger partial charge in [0.2, 0.25) is 5.91 Å². The Morgan fingerprint density at radius 3 is 2.38 bits per heavy atom. The number of benzene rings is 3.